The molecular formula is C17H13Cl2N5. The first-order valence-electron chi connectivity index (χ1n) is 7.34. The van der Waals surface area contributed by atoms with E-state index >= 15 is 0 Å². The molecule has 0 aliphatic carbocycles. The molecule has 0 saturated carbocycles. The van der Waals surface area contributed by atoms with Gasteiger partial charge in [0.2, 0.25) is 0 Å². The molecule has 0 aliphatic heterocycles. The Morgan fingerprint density at radius 1 is 1.04 bits per heavy atom. The van der Waals surface area contributed by atoms with Crippen LogP contribution in [0.4, 0.5) is 0 Å². The van der Waals surface area contributed by atoms with Crippen LogP contribution < -0.4 is 0 Å². The Balaban J connectivity index is 2.06. The van der Waals surface area contributed by atoms with E-state index in [0.717, 1.165) is 33.4 Å². The van der Waals surface area contributed by atoms with E-state index in [0.29, 0.717) is 10.0 Å². The van der Waals surface area contributed by atoms with Gasteiger partial charge in [-0.15, -0.1) is 5.10 Å². The smallest absolute Gasteiger partial charge is 0.161 e. The van der Waals surface area contributed by atoms with Crippen LogP contribution in [-0.4, -0.2) is 24.8 Å². The van der Waals surface area contributed by atoms with Crippen LogP contribution in [0.1, 0.15) is 5.56 Å². The SMILES string of the molecule is Cc1ccc(-c2ccc(Cl)cc2Cl)c2nn(C)c(-n3ccnn3)c12. The number of aromatic nitrogens is 5. The average molecular weight is 358 g/mol. The molecule has 5 nitrogen and oxygen atoms in total. The molecule has 0 unspecified atom stereocenters. The highest BCUT2D eigenvalue weighted by Crippen LogP contribution is 2.37. The Hall–Kier alpha value is -2.37. The molecule has 0 fully saturated rings. The van der Waals surface area contributed by atoms with Gasteiger partial charge in [0.25, 0.3) is 0 Å². The van der Waals surface area contributed by atoms with Crippen molar-refractivity contribution in [2.24, 2.45) is 7.05 Å². The van der Waals surface area contributed by atoms with E-state index in [1.54, 1.807) is 27.8 Å². The minimum Gasteiger partial charge on any atom is -0.250 e. The van der Waals surface area contributed by atoms with Crippen LogP contribution >= 0.6 is 23.2 Å². The number of rotatable bonds is 2. The van der Waals surface area contributed by atoms with Crippen LogP contribution in [0, 0.1) is 6.92 Å². The highest BCUT2D eigenvalue weighted by atomic mass is 35.5. The highest BCUT2D eigenvalue weighted by Gasteiger charge is 2.18. The molecule has 0 saturated heterocycles. The van der Waals surface area contributed by atoms with E-state index in [4.69, 9.17) is 28.3 Å². The summed E-state index contributed by atoms with van der Waals surface area (Å²) >= 11 is 12.4. The third-order valence-corrected chi connectivity index (χ3v) is 4.58. The van der Waals surface area contributed by atoms with Gasteiger partial charge in [0.15, 0.2) is 5.82 Å². The topological polar surface area (TPSA) is 48.5 Å². The first-order chi connectivity index (χ1) is 11.6. The van der Waals surface area contributed by atoms with Gasteiger partial charge in [-0.25, -0.2) is 9.36 Å². The third-order valence-electron chi connectivity index (χ3n) is 4.03. The van der Waals surface area contributed by atoms with Crippen LogP contribution in [0.2, 0.25) is 10.0 Å². The quantitative estimate of drug-likeness (QED) is 0.532. The Morgan fingerprint density at radius 3 is 2.54 bits per heavy atom. The summed E-state index contributed by atoms with van der Waals surface area (Å²) in [5, 5.41) is 14.9. The van der Waals surface area contributed by atoms with E-state index in [-0.39, 0.29) is 0 Å². The number of hydrogen-bond donors (Lipinski definition) is 0. The lowest BCUT2D eigenvalue weighted by molar-refractivity contribution is 0.687. The van der Waals surface area contributed by atoms with Crippen LogP contribution in [0.25, 0.3) is 27.8 Å². The van der Waals surface area contributed by atoms with Crippen molar-refractivity contribution in [2.75, 3.05) is 0 Å². The van der Waals surface area contributed by atoms with Crippen LogP contribution in [-0.2, 0) is 7.05 Å². The lowest BCUT2D eigenvalue weighted by Crippen LogP contribution is -2.04. The Bertz CT molecular complexity index is 1050. The summed E-state index contributed by atoms with van der Waals surface area (Å²) in [5.41, 5.74) is 3.83. The lowest BCUT2D eigenvalue weighted by Gasteiger charge is -2.08. The Labute approximate surface area is 148 Å². The standard InChI is InChI=1S/C17H13Cl2N5/c1-10-3-5-13(12-6-4-11(18)9-14(12)19)16-15(10)17(23(2)21-16)24-8-7-20-22-24/h3-9H,1-2H3. The second-order valence-corrected chi connectivity index (χ2v) is 6.42. The Morgan fingerprint density at radius 2 is 1.83 bits per heavy atom. The summed E-state index contributed by atoms with van der Waals surface area (Å²) in [6.45, 7) is 2.05. The molecule has 2 aromatic heterocycles. The molecule has 0 aliphatic rings. The molecule has 2 heterocycles. The number of nitrogens with zero attached hydrogens (tertiary/aromatic N) is 5. The fourth-order valence-electron chi connectivity index (χ4n) is 2.95. The minimum absolute atomic E-state index is 0.598. The maximum atomic E-state index is 6.40. The van der Waals surface area contributed by atoms with Crippen molar-refractivity contribution in [3.05, 3.63) is 58.3 Å². The average Bonchev–Trinajstić information content (AvgIpc) is 3.16. The zero-order valence-corrected chi connectivity index (χ0v) is 14.5. The zero-order valence-electron chi connectivity index (χ0n) is 13.0. The molecular weight excluding hydrogens is 345 g/mol. The summed E-state index contributed by atoms with van der Waals surface area (Å²) in [6, 6.07) is 9.58. The van der Waals surface area contributed by atoms with Gasteiger partial charge in [0, 0.05) is 28.2 Å². The predicted molar refractivity (Wildman–Crippen MR) is 95.8 cm³/mol. The van der Waals surface area contributed by atoms with Crippen LogP contribution in [0.3, 0.4) is 0 Å². The maximum Gasteiger partial charge on any atom is 0.161 e. The highest BCUT2D eigenvalue weighted by molar-refractivity contribution is 6.36. The van der Waals surface area contributed by atoms with Gasteiger partial charge in [-0.2, -0.15) is 5.10 Å². The monoisotopic (exact) mass is 357 g/mol. The molecule has 4 rings (SSSR count). The van der Waals surface area contributed by atoms with Gasteiger partial charge in [-0.3, -0.25) is 0 Å². The van der Waals surface area contributed by atoms with E-state index in [2.05, 4.69) is 23.3 Å². The summed E-state index contributed by atoms with van der Waals surface area (Å²) < 4.78 is 3.52. The third kappa shape index (κ3) is 2.28. The van der Waals surface area contributed by atoms with Crippen molar-refractivity contribution in [2.45, 2.75) is 6.92 Å². The summed E-state index contributed by atoms with van der Waals surface area (Å²) in [4.78, 5) is 0. The van der Waals surface area contributed by atoms with Crippen molar-refractivity contribution < 1.29 is 0 Å². The first-order valence-corrected chi connectivity index (χ1v) is 8.10. The molecule has 0 atom stereocenters. The van der Waals surface area contributed by atoms with E-state index in [9.17, 15) is 0 Å². The second kappa shape index (κ2) is 5.61. The molecule has 0 amide bonds. The fraction of sp³-hybridized carbons (Fsp3) is 0.118. The van der Waals surface area contributed by atoms with Crippen molar-refractivity contribution in [1.29, 1.82) is 0 Å². The van der Waals surface area contributed by atoms with Gasteiger partial charge < -0.3 is 0 Å². The van der Waals surface area contributed by atoms with E-state index in [1.807, 2.05) is 25.2 Å². The Kier molecular flexibility index (Phi) is 3.55. The largest absolute Gasteiger partial charge is 0.250 e. The number of halogens is 2. The molecule has 7 heteroatoms. The van der Waals surface area contributed by atoms with Gasteiger partial charge in [0.1, 0.15) is 5.52 Å². The van der Waals surface area contributed by atoms with E-state index < -0.39 is 0 Å². The number of aryl methyl sites for hydroxylation is 2. The first kappa shape index (κ1) is 15.2. The van der Waals surface area contributed by atoms with Crippen LogP contribution in [0.15, 0.2) is 42.7 Å². The van der Waals surface area contributed by atoms with Gasteiger partial charge in [-0.1, -0.05) is 46.6 Å². The fourth-order valence-corrected chi connectivity index (χ4v) is 3.46. The van der Waals surface area contributed by atoms with Gasteiger partial charge in [-0.05, 0) is 24.6 Å². The summed E-state index contributed by atoms with van der Waals surface area (Å²) in [5.74, 6) is 0.868. The molecule has 0 N–H and O–H groups in total. The maximum absolute atomic E-state index is 6.40. The zero-order chi connectivity index (χ0) is 16.8. The number of benzene rings is 2. The molecule has 0 bridgehead atoms. The molecule has 0 spiro atoms. The molecule has 120 valence electrons. The summed E-state index contributed by atoms with van der Waals surface area (Å²) in [7, 11) is 1.89. The minimum atomic E-state index is 0.598. The van der Waals surface area contributed by atoms with E-state index in [1.165, 1.54) is 0 Å². The number of fused-ring (bicyclic) bond motifs is 1. The molecule has 24 heavy (non-hydrogen) atoms. The van der Waals surface area contributed by atoms with Gasteiger partial charge >= 0.3 is 0 Å². The molecule has 2 aromatic carbocycles. The van der Waals surface area contributed by atoms with Crippen LogP contribution in [0.5, 0.6) is 0 Å². The van der Waals surface area contributed by atoms with Crippen molar-refractivity contribution in [3.8, 4) is 16.9 Å². The van der Waals surface area contributed by atoms with Gasteiger partial charge in [0.05, 0.1) is 17.8 Å². The van der Waals surface area contributed by atoms with Crippen molar-refractivity contribution in [3.63, 3.8) is 0 Å². The lowest BCUT2D eigenvalue weighted by atomic mass is 10.00. The number of hydrogen-bond acceptors (Lipinski definition) is 3. The van der Waals surface area contributed by atoms with Crippen molar-refractivity contribution >= 4 is 34.1 Å². The normalized spacial score (nSPS) is 11.3. The second-order valence-electron chi connectivity index (χ2n) is 5.57. The van der Waals surface area contributed by atoms with Crippen molar-refractivity contribution in [1.82, 2.24) is 24.8 Å². The molecule has 0 radical (unpaired) electrons. The molecule has 4 aromatic rings. The summed E-state index contributed by atoms with van der Waals surface area (Å²) in [6.07, 6.45) is 3.45. The predicted octanol–water partition coefficient (Wildman–Crippen LogP) is 4.44.